The maximum Gasteiger partial charge on any atom is 0.123 e. The van der Waals surface area contributed by atoms with E-state index in [0.29, 0.717) is 6.54 Å². The average Bonchev–Trinajstić information content (AvgIpc) is 2.92. The van der Waals surface area contributed by atoms with E-state index in [2.05, 4.69) is 26.0 Å². The third kappa shape index (κ3) is 2.85. The zero-order chi connectivity index (χ0) is 15.9. The molecule has 0 atom stereocenters. The molecule has 0 N–H and O–H groups in total. The molecule has 6 heteroatoms. The van der Waals surface area contributed by atoms with Gasteiger partial charge in [-0.15, -0.1) is 11.3 Å². The van der Waals surface area contributed by atoms with Crippen molar-refractivity contribution in [3.63, 3.8) is 0 Å². The molecule has 0 saturated carbocycles. The fraction of sp³-hybridized carbons (Fsp3) is 0.250. The first-order valence-corrected chi connectivity index (χ1v) is 8.48. The molecule has 1 aromatic carbocycles. The Morgan fingerprint density at radius 3 is 2.41 bits per heavy atom. The molecule has 0 spiro atoms. The summed E-state index contributed by atoms with van der Waals surface area (Å²) in [5.41, 5.74) is 3.85. The SMILES string of the molecule is Cc1nc(C)c(Cn2nc(C)c(Br)c2-c2ccc(F)cc2)s1. The van der Waals surface area contributed by atoms with E-state index in [1.807, 2.05) is 25.5 Å². The van der Waals surface area contributed by atoms with Gasteiger partial charge in [0.2, 0.25) is 0 Å². The van der Waals surface area contributed by atoms with Crippen LogP contribution in [-0.2, 0) is 6.54 Å². The van der Waals surface area contributed by atoms with E-state index in [9.17, 15) is 4.39 Å². The van der Waals surface area contributed by atoms with Gasteiger partial charge in [0.05, 0.1) is 33.1 Å². The van der Waals surface area contributed by atoms with Crippen LogP contribution in [-0.4, -0.2) is 14.8 Å². The summed E-state index contributed by atoms with van der Waals surface area (Å²) in [4.78, 5) is 5.66. The Bertz CT molecular complexity index is 821. The molecular formula is C16H15BrFN3S. The Morgan fingerprint density at radius 2 is 1.82 bits per heavy atom. The van der Waals surface area contributed by atoms with Gasteiger partial charge in [-0.05, 0) is 61.0 Å². The van der Waals surface area contributed by atoms with Crippen molar-refractivity contribution in [3.8, 4) is 11.3 Å². The highest BCUT2D eigenvalue weighted by atomic mass is 79.9. The third-order valence-corrected chi connectivity index (χ3v) is 5.47. The number of aryl methyl sites for hydroxylation is 3. The van der Waals surface area contributed by atoms with Crippen molar-refractivity contribution >= 4 is 27.3 Å². The Labute approximate surface area is 141 Å². The quantitative estimate of drug-likeness (QED) is 0.648. The van der Waals surface area contributed by atoms with Gasteiger partial charge in [0.15, 0.2) is 0 Å². The molecule has 0 unspecified atom stereocenters. The molecule has 0 saturated heterocycles. The Kier molecular flexibility index (Phi) is 4.14. The van der Waals surface area contributed by atoms with Crippen molar-refractivity contribution in [2.45, 2.75) is 27.3 Å². The minimum Gasteiger partial charge on any atom is -0.258 e. The fourth-order valence-electron chi connectivity index (χ4n) is 2.41. The Balaban J connectivity index is 2.07. The zero-order valence-electron chi connectivity index (χ0n) is 12.5. The van der Waals surface area contributed by atoms with Gasteiger partial charge in [0, 0.05) is 10.4 Å². The van der Waals surface area contributed by atoms with Crippen molar-refractivity contribution in [2.24, 2.45) is 0 Å². The topological polar surface area (TPSA) is 30.7 Å². The molecule has 2 heterocycles. The molecule has 0 bridgehead atoms. The summed E-state index contributed by atoms with van der Waals surface area (Å²) in [7, 11) is 0. The molecule has 3 rings (SSSR count). The summed E-state index contributed by atoms with van der Waals surface area (Å²) in [5.74, 6) is -0.239. The minimum absolute atomic E-state index is 0.239. The minimum atomic E-state index is -0.239. The lowest BCUT2D eigenvalue weighted by Crippen LogP contribution is -2.04. The highest BCUT2D eigenvalue weighted by molar-refractivity contribution is 9.10. The van der Waals surface area contributed by atoms with Gasteiger partial charge in [0.1, 0.15) is 5.82 Å². The average molecular weight is 380 g/mol. The monoisotopic (exact) mass is 379 g/mol. The molecule has 22 heavy (non-hydrogen) atoms. The molecule has 0 aliphatic heterocycles. The predicted molar refractivity (Wildman–Crippen MR) is 90.7 cm³/mol. The predicted octanol–water partition coefficient (Wildman–Crippen LogP) is 4.88. The summed E-state index contributed by atoms with van der Waals surface area (Å²) in [6, 6.07) is 6.49. The van der Waals surface area contributed by atoms with E-state index in [1.54, 1.807) is 23.5 Å². The highest BCUT2D eigenvalue weighted by Crippen LogP contribution is 2.32. The normalized spacial score (nSPS) is 11.1. The lowest BCUT2D eigenvalue weighted by atomic mass is 10.1. The lowest BCUT2D eigenvalue weighted by Gasteiger charge is -2.08. The molecule has 0 aliphatic carbocycles. The smallest absolute Gasteiger partial charge is 0.123 e. The zero-order valence-corrected chi connectivity index (χ0v) is 14.9. The van der Waals surface area contributed by atoms with E-state index < -0.39 is 0 Å². The van der Waals surface area contributed by atoms with Gasteiger partial charge in [-0.3, -0.25) is 4.68 Å². The number of hydrogen-bond donors (Lipinski definition) is 0. The molecular weight excluding hydrogens is 365 g/mol. The molecule has 2 aromatic heterocycles. The van der Waals surface area contributed by atoms with Crippen LogP contribution in [0.3, 0.4) is 0 Å². The van der Waals surface area contributed by atoms with Gasteiger partial charge in [0.25, 0.3) is 0 Å². The van der Waals surface area contributed by atoms with Crippen LogP contribution in [0.5, 0.6) is 0 Å². The van der Waals surface area contributed by atoms with Gasteiger partial charge < -0.3 is 0 Å². The summed E-state index contributed by atoms with van der Waals surface area (Å²) in [5, 5.41) is 5.66. The first kappa shape index (κ1) is 15.4. The molecule has 0 aliphatic rings. The third-order valence-electron chi connectivity index (χ3n) is 3.47. The van der Waals surface area contributed by atoms with Crippen LogP contribution in [0.2, 0.25) is 0 Å². The summed E-state index contributed by atoms with van der Waals surface area (Å²) < 4.78 is 16.1. The van der Waals surface area contributed by atoms with Gasteiger partial charge in [-0.1, -0.05) is 0 Å². The molecule has 0 fully saturated rings. The van der Waals surface area contributed by atoms with Crippen LogP contribution >= 0.6 is 27.3 Å². The van der Waals surface area contributed by atoms with E-state index in [1.165, 1.54) is 17.0 Å². The summed E-state index contributed by atoms with van der Waals surface area (Å²) in [6.45, 7) is 6.64. The van der Waals surface area contributed by atoms with E-state index >= 15 is 0 Å². The van der Waals surface area contributed by atoms with Crippen LogP contribution in [0.1, 0.15) is 21.3 Å². The second-order valence-corrected chi connectivity index (χ2v) is 7.23. The maximum atomic E-state index is 13.2. The summed E-state index contributed by atoms with van der Waals surface area (Å²) >= 11 is 5.29. The van der Waals surface area contributed by atoms with Crippen LogP contribution < -0.4 is 0 Å². The van der Waals surface area contributed by atoms with Gasteiger partial charge in [-0.2, -0.15) is 5.10 Å². The first-order valence-electron chi connectivity index (χ1n) is 6.87. The molecule has 114 valence electrons. The van der Waals surface area contributed by atoms with Crippen molar-refractivity contribution in [1.82, 2.24) is 14.8 Å². The number of aromatic nitrogens is 3. The first-order chi connectivity index (χ1) is 10.5. The summed E-state index contributed by atoms with van der Waals surface area (Å²) in [6.07, 6.45) is 0. The lowest BCUT2D eigenvalue weighted by molar-refractivity contribution is 0.627. The number of nitrogens with zero attached hydrogens (tertiary/aromatic N) is 3. The molecule has 0 amide bonds. The van der Waals surface area contributed by atoms with E-state index in [-0.39, 0.29) is 5.82 Å². The van der Waals surface area contributed by atoms with E-state index in [0.717, 1.165) is 32.1 Å². The van der Waals surface area contributed by atoms with Crippen molar-refractivity contribution in [1.29, 1.82) is 0 Å². The van der Waals surface area contributed by atoms with Crippen LogP contribution in [0.15, 0.2) is 28.7 Å². The Hall–Kier alpha value is -1.53. The largest absolute Gasteiger partial charge is 0.258 e. The van der Waals surface area contributed by atoms with Crippen molar-refractivity contribution in [2.75, 3.05) is 0 Å². The van der Waals surface area contributed by atoms with Gasteiger partial charge >= 0.3 is 0 Å². The maximum absolute atomic E-state index is 13.2. The second kappa shape index (κ2) is 5.93. The van der Waals surface area contributed by atoms with Crippen LogP contribution in [0, 0.1) is 26.6 Å². The standard InChI is InChI=1S/C16H15BrFN3S/c1-9-14(22-11(3)19-9)8-21-16(15(17)10(2)20-21)12-4-6-13(18)7-5-12/h4-7H,8H2,1-3H3. The number of hydrogen-bond acceptors (Lipinski definition) is 3. The second-order valence-electron chi connectivity index (χ2n) is 5.15. The Morgan fingerprint density at radius 1 is 1.14 bits per heavy atom. The van der Waals surface area contributed by atoms with Gasteiger partial charge in [-0.25, -0.2) is 9.37 Å². The molecule has 0 radical (unpaired) electrons. The number of thiazole rings is 1. The van der Waals surface area contributed by atoms with Crippen LogP contribution in [0.4, 0.5) is 4.39 Å². The highest BCUT2D eigenvalue weighted by Gasteiger charge is 2.17. The fourth-order valence-corrected chi connectivity index (χ4v) is 3.85. The van der Waals surface area contributed by atoms with E-state index in [4.69, 9.17) is 0 Å². The van der Waals surface area contributed by atoms with Crippen molar-refractivity contribution < 1.29 is 4.39 Å². The number of benzene rings is 1. The number of halogens is 2. The molecule has 3 aromatic rings. The van der Waals surface area contributed by atoms with Crippen LogP contribution in [0.25, 0.3) is 11.3 Å². The molecule has 3 nitrogen and oxygen atoms in total. The van der Waals surface area contributed by atoms with Crippen molar-refractivity contribution in [3.05, 3.63) is 55.8 Å². The number of rotatable bonds is 3.